The van der Waals surface area contributed by atoms with Gasteiger partial charge in [-0.2, -0.15) is 0 Å². The van der Waals surface area contributed by atoms with Crippen LogP contribution in [-0.2, 0) is 14.6 Å². The van der Waals surface area contributed by atoms with E-state index in [0.717, 1.165) is 16.3 Å². The molecule has 1 amide bonds. The minimum Gasteiger partial charge on any atom is -0.350 e. The molecule has 23 heavy (non-hydrogen) atoms. The van der Waals surface area contributed by atoms with Crippen LogP contribution in [0.2, 0.25) is 0 Å². The summed E-state index contributed by atoms with van der Waals surface area (Å²) in [4.78, 5) is 12.0. The highest BCUT2D eigenvalue weighted by Crippen LogP contribution is 2.19. The van der Waals surface area contributed by atoms with E-state index < -0.39 is 9.84 Å². The zero-order valence-electron chi connectivity index (χ0n) is 12.7. The van der Waals surface area contributed by atoms with E-state index in [1.807, 2.05) is 42.5 Å². The van der Waals surface area contributed by atoms with Gasteiger partial charge in [0.2, 0.25) is 5.91 Å². The number of nitrogens with one attached hydrogen (secondary N) is 1. The van der Waals surface area contributed by atoms with Crippen molar-refractivity contribution in [2.45, 2.75) is 18.9 Å². The summed E-state index contributed by atoms with van der Waals surface area (Å²) in [5, 5.41) is 5.12. The zero-order chi connectivity index (χ0) is 16.3. The highest BCUT2D eigenvalue weighted by atomic mass is 32.2. The molecule has 0 aromatic heterocycles. The fourth-order valence-electron chi connectivity index (χ4n) is 2.84. The van der Waals surface area contributed by atoms with E-state index in [2.05, 4.69) is 5.32 Å². The van der Waals surface area contributed by atoms with Crippen LogP contribution in [0, 0.1) is 0 Å². The third-order valence-corrected chi connectivity index (χ3v) is 5.85. The highest BCUT2D eigenvalue weighted by molar-refractivity contribution is 7.91. The van der Waals surface area contributed by atoms with Crippen LogP contribution < -0.4 is 5.32 Å². The monoisotopic (exact) mass is 329 g/mol. The van der Waals surface area contributed by atoms with E-state index in [4.69, 9.17) is 0 Å². The molecule has 0 spiro atoms. The van der Waals surface area contributed by atoms with Crippen molar-refractivity contribution in [1.82, 2.24) is 5.32 Å². The molecule has 1 N–H and O–H groups in total. The third kappa shape index (κ3) is 3.99. The third-order valence-electron chi connectivity index (χ3n) is 4.14. The topological polar surface area (TPSA) is 63.2 Å². The lowest BCUT2D eigenvalue weighted by atomic mass is 10.0. The maximum absolute atomic E-state index is 12.0. The summed E-state index contributed by atoms with van der Waals surface area (Å²) in [7, 11) is -2.90. The summed E-state index contributed by atoms with van der Waals surface area (Å²) in [6.45, 7) is 0. The summed E-state index contributed by atoms with van der Waals surface area (Å²) in [5.74, 6) is 0.137. The number of carbonyl (C=O) groups excluding carboxylic acids is 1. The molecule has 0 aliphatic carbocycles. The molecule has 0 radical (unpaired) electrons. The summed E-state index contributed by atoms with van der Waals surface area (Å²) in [6, 6.07) is 13.9. The Hall–Kier alpha value is -2.14. The maximum atomic E-state index is 12.0. The van der Waals surface area contributed by atoms with Crippen LogP contribution in [0.4, 0.5) is 0 Å². The Morgan fingerprint density at radius 3 is 2.52 bits per heavy atom. The van der Waals surface area contributed by atoms with Crippen molar-refractivity contribution in [3.8, 4) is 0 Å². The first-order valence-corrected chi connectivity index (χ1v) is 9.52. The van der Waals surface area contributed by atoms with E-state index in [-0.39, 0.29) is 23.5 Å². The van der Waals surface area contributed by atoms with Crippen LogP contribution in [0.25, 0.3) is 16.8 Å². The Labute approximate surface area is 136 Å². The minimum atomic E-state index is -2.90. The zero-order valence-corrected chi connectivity index (χ0v) is 13.6. The standard InChI is InChI=1S/C18H19NO3S/c20-18(19-16-10-12-23(21,22)13-11-16)9-8-15-6-3-5-14-4-1-2-7-17(14)15/h1-9,16H,10-13H2,(H,19,20)/b9-8+. The molecule has 1 aliphatic heterocycles. The Kier molecular flexibility index (Phi) is 4.48. The van der Waals surface area contributed by atoms with Crippen molar-refractivity contribution in [2.24, 2.45) is 0 Å². The molecule has 0 saturated carbocycles. The molecule has 2 aromatic rings. The smallest absolute Gasteiger partial charge is 0.244 e. The first-order chi connectivity index (χ1) is 11.0. The number of hydrogen-bond donors (Lipinski definition) is 1. The number of hydrogen-bond acceptors (Lipinski definition) is 3. The first-order valence-electron chi connectivity index (χ1n) is 7.70. The molecular formula is C18H19NO3S. The fourth-order valence-corrected chi connectivity index (χ4v) is 4.34. The minimum absolute atomic E-state index is 0.0526. The van der Waals surface area contributed by atoms with Gasteiger partial charge in [0.15, 0.2) is 0 Å². The average Bonchev–Trinajstić information content (AvgIpc) is 2.55. The van der Waals surface area contributed by atoms with E-state index >= 15 is 0 Å². The van der Waals surface area contributed by atoms with Crippen LogP contribution in [-0.4, -0.2) is 31.9 Å². The van der Waals surface area contributed by atoms with Crippen molar-refractivity contribution in [1.29, 1.82) is 0 Å². The molecule has 1 heterocycles. The molecular weight excluding hydrogens is 310 g/mol. The maximum Gasteiger partial charge on any atom is 0.244 e. The number of carbonyl (C=O) groups is 1. The lowest BCUT2D eigenvalue weighted by Gasteiger charge is -2.22. The van der Waals surface area contributed by atoms with Crippen molar-refractivity contribution in [3.05, 3.63) is 54.1 Å². The molecule has 0 atom stereocenters. The second kappa shape index (κ2) is 6.54. The van der Waals surface area contributed by atoms with Crippen molar-refractivity contribution >= 4 is 32.6 Å². The van der Waals surface area contributed by atoms with Crippen molar-refractivity contribution in [2.75, 3.05) is 11.5 Å². The van der Waals surface area contributed by atoms with Crippen molar-refractivity contribution < 1.29 is 13.2 Å². The van der Waals surface area contributed by atoms with Gasteiger partial charge in [-0.05, 0) is 35.3 Å². The summed E-state index contributed by atoms with van der Waals surface area (Å²) < 4.78 is 22.8. The predicted octanol–water partition coefficient (Wildman–Crippen LogP) is 2.55. The number of fused-ring (bicyclic) bond motifs is 1. The van der Waals surface area contributed by atoms with Gasteiger partial charge < -0.3 is 5.32 Å². The second-order valence-corrected chi connectivity index (χ2v) is 8.14. The molecule has 2 aromatic carbocycles. The largest absolute Gasteiger partial charge is 0.350 e. The number of benzene rings is 2. The lowest BCUT2D eigenvalue weighted by molar-refractivity contribution is -0.117. The molecule has 1 saturated heterocycles. The van der Waals surface area contributed by atoms with E-state index in [9.17, 15) is 13.2 Å². The van der Waals surface area contributed by atoms with Crippen LogP contribution in [0.15, 0.2) is 48.5 Å². The van der Waals surface area contributed by atoms with Gasteiger partial charge in [-0.15, -0.1) is 0 Å². The number of sulfone groups is 1. The van der Waals surface area contributed by atoms with Gasteiger partial charge in [0, 0.05) is 12.1 Å². The number of amides is 1. The van der Waals surface area contributed by atoms with Crippen LogP contribution in [0.3, 0.4) is 0 Å². The number of rotatable bonds is 3. The van der Waals surface area contributed by atoms with Gasteiger partial charge in [0.05, 0.1) is 11.5 Å². The van der Waals surface area contributed by atoms with E-state index in [1.54, 1.807) is 6.08 Å². The molecule has 0 bridgehead atoms. The average molecular weight is 329 g/mol. The van der Waals surface area contributed by atoms with Gasteiger partial charge in [-0.3, -0.25) is 4.79 Å². The molecule has 1 fully saturated rings. The Balaban J connectivity index is 1.66. The van der Waals surface area contributed by atoms with Gasteiger partial charge in [-0.25, -0.2) is 8.42 Å². The molecule has 120 valence electrons. The summed E-state index contributed by atoms with van der Waals surface area (Å²) >= 11 is 0. The van der Waals surface area contributed by atoms with Crippen molar-refractivity contribution in [3.63, 3.8) is 0 Å². The van der Waals surface area contributed by atoms with Gasteiger partial charge >= 0.3 is 0 Å². The molecule has 4 nitrogen and oxygen atoms in total. The van der Waals surface area contributed by atoms with E-state index in [1.165, 1.54) is 6.08 Å². The molecule has 1 aliphatic rings. The van der Waals surface area contributed by atoms with Crippen LogP contribution in [0.5, 0.6) is 0 Å². The quantitative estimate of drug-likeness (QED) is 0.880. The molecule has 5 heteroatoms. The van der Waals surface area contributed by atoms with E-state index in [0.29, 0.717) is 12.8 Å². The highest BCUT2D eigenvalue weighted by Gasteiger charge is 2.23. The van der Waals surface area contributed by atoms with Gasteiger partial charge in [0.25, 0.3) is 0 Å². The first kappa shape index (κ1) is 15.7. The second-order valence-electron chi connectivity index (χ2n) is 5.84. The normalized spacial score (nSPS) is 18.3. The van der Waals surface area contributed by atoms with Crippen LogP contribution in [0.1, 0.15) is 18.4 Å². The molecule has 3 rings (SSSR count). The summed E-state index contributed by atoms with van der Waals surface area (Å²) in [5.41, 5.74) is 0.990. The van der Waals surface area contributed by atoms with Gasteiger partial charge in [0.1, 0.15) is 9.84 Å². The fraction of sp³-hybridized carbons (Fsp3) is 0.278. The Morgan fingerprint density at radius 2 is 1.74 bits per heavy atom. The molecule has 0 unspecified atom stereocenters. The summed E-state index contributed by atoms with van der Waals surface area (Å²) in [6.07, 6.45) is 4.31. The SMILES string of the molecule is O=C(/C=C/c1cccc2ccccc12)NC1CCS(=O)(=O)CC1. The Bertz CT molecular complexity index is 836. The Morgan fingerprint density at radius 1 is 1.04 bits per heavy atom. The predicted molar refractivity (Wildman–Crippen MR) is 92.8 cm³/mol. The van der Waals surface area contributed by atoms with Gasteiger partial charge in [-0.1, -0.05) is 42.5 Å². The van der Waals surface area contributed by atoms with Crippen LogP contribution >= 0.6 is 0 Å². The lowest BCUT2D eigenvalue weighted by Crippen LogP contribution is -2.40.